The number of halogens is 1. The largest absolute Gasteiger partial charge is 0.350 e. The molecule has 0 aliphatic heterocycles. The lowest BCUT2D eigenvalue weighted by molar-refractivity contribution is -0.385. The predicted molar refractivity (Wildman–Crippen MR) is 136 cm³/mol. The van der Waals surface area contributed by atoms with E-state index in [1.165, 1.54) is 35.2 Å². The summed E-state index contributed by atoms with van der Waals surface area (Å²) < 4.78 is 13.5. The first-order chi connectivity index (χ1) is 17.0. The molecule has 0 bridgehead atoms. The number of amides is 2. The summed E-state index contributed by atoms with van der Waals surface area (Å²) in [5.41, 5.74) is 1.04. The first-order valence-corrected chi connectivity index (χ1v) is 11.7. The van der Waals surface area contributed by atoms with Crippen LogP contribution in [0.2, 0.25) is 0 Å². The minimum absolute atomic E-state index is 0.0365. The summed E-state index contributed by atoms with van der Waals surface area (Å²) >= 11 is 0. The number of hydrogen-bond acceptors (Lipinski definition) is 4. The summed E-state index contributed by atoms with van der Waals surface area (Å²) in [5, 5.41) is 14.5. The van der Waals surface area contributed by atoms with Crippen molar-refractivity contribution in [1.29, 1.82) is 0 Å². The molecule has 1 atom stereocenters. The number of rotatable bonds is 9. The van der Waals surface area contributed by atoms with Gasteiger partial charge in [0.15, 0.2) is 0 Å². The van der Waals surface area contributed by atoms with Gasteiger partial charge in [-0.3, -0.25) is 19.7 Å². The van der Waals surface area contributed by atoms with Crippen molar-refractivity contribution in [3.63, 3.8) is 0 Å². The Morgan fingerprint density at radius 3 is 2.17 bits per heavy atom. The van der Waals surface area contributed by atoms with Crippen molar-refractivity contribution in [2.75, 3.05) is 0 Å². The van der Waals surface area contributed by atoms with E-state index < -0.39 is 28.2 Å². The van der Waals surface area contributed by atoms with E-state index in [0.29, 0.717) is 5.56 Å². The highest BCUT2D eigenvalue weighted by atomic mass is 19.1. The van der Waals surface area contributed by atoms with Gasteiger partial charge in [0.25, 0.3) is 5.69 Å². The Morgan fingerprint density at radius 1 is 0.944 bits per heavy atom. The molecule has 0 aromatic heterocycles. The molecule has 0 aliphatic rings. The van der Waals surface area contributed by atoms with Crippen molar-refractivity contribution in [1.82, 2.24) is 10.2 Å². The summed E-state index contributed by atoms with van der Waals surface area (Å²) in [5.74, 6) is -1.20. The number of nitrogens with zero attached hydrogens (tertiary/aromatic N) is 2. The molecule has 0 saturated carbocycles. The van der Waals surface area contributed by atoms with Gasteiger partial charge in [-0.25, -0.2) is 4.39 Å². The van der Waals surface area contributed by atoms with Crippen LogP contribution in [0.4, 0.5) is 10.1 Å². The van der Waals surface area contributed by atoms with Crippen LogP contribution in [-0.2, 0) is 29.0 Å². The minimum Gasteiger partial charge on any atom is -0.350 e. The third-order valence-electron chi connectivity index (χ3n) is 5.57. The van der Waals surface area contributed by atoms with Gasteiger partial charge in [0.2, 0.25) is 11.8 Å². The maximum Gasteiger partial charge on any atom is 0.273 e. The van der Waals surface area contributed by atoms with E-state index in [9.17, 15) is 24.1 Å². The molecule has 36 heavy (non-hydrogen) atoms. The molecule has 0 fully saturated rings. The van der Waals surface area contributed by atoms with Crippen molar-refractivity contribution in [2.24, 2.45) is 0 Å². The summed E-state index contributed by atoms with van der Waals surface area (Å²) in [4.78, 5) is 39.6. The molecule has 3 rings (SSSR count). The second-order valence-corrected chi connectivity index (χ2v) is 9.66. The van der Waals surface area contributed by atoms with Crippen LogP contribution in [0.1, 0.15) is 37.5 Å². The quantitative estimate of drug-likeness (QED) is 0.343. The standard InChI is InChI=1S/C28H30FN3O4/c1-28(2,3)30-27(34)25(17-20-9-5-4-6-10-20)31(19-21-13-15-23(29)16-14-21)26(33)18-22-11-7-8-12-24(22)32(35)36/h4-16,25H,17-19H2,1-3H3,(H,30,34). The van der Waals surface area contributed by atoms with Crippen LogP contribution in [0.5, 0.6) is 0 Å². The molecule has 0 radical (unpaired) electrons. The van der Waals surface area contributed by atoms with Crippen molar-refractivity contribution in [2.45, 2.75) is 51.7 Å². The molecule has 7 nitrogen and oxygen atoms in total. The van der Waals surface area contributed by atoms with Gasteiger partial charge in [-0.2, -0.15) is 0 Å². The van der Waals surface area contributed by atoms with Crippen LogP contribution >= 0.6 is 0 Å². The number of carbonyl (C=O) groups is 2. The first-order valence-electron chi connectivity index (χ1n) is 11.7. The third kappa shape index (κ3) is 7.46. The van der Waals surface area contributed by atoms with E-state index in [2.05, 4.69) is 5.32 Å². The zero-order valence-corrected chi connectivity index (χ0v) is 20.6. The number of carbonyl (C=O) groups excluding carboxylic acids is 2. The van der Waals surface area contributed by atoms with Gasteiger partial charge in [0.05, 0.1) is 11.3 Å². The molecule has 188 valence electrons. The van der Waals surface area contributed by atoms with Gasteiger partial charge in [-0.05, 0) is 44.0 Å². The van der Waals surface area contributed by atoms with Crippen LogP contribution in [0.25, 0.3) is 0 Å². The molecule has 1 N–H and O–H groups in total. The van der Waals surface area contributed by atoms with Crippen LogP contribution in [0.3, 0.4) is 0 Å². The van der Waals surface area contributed by atoms with Crippen LogP contribution in [0.15, 0.2) is 78.9 Å². The van der Waals surface area contributed by atoms with E-state index in [1.807, 2.05) is 51.1 Å². The fraction of sp³-hybridized carbons (Fsp3) is 0.286. The van der Waals surface area contributed by atoms with E-state index in [4.69, 9.17) is 0 Å². The molecule has 0 spiro atoms. The van der Waals surface area contributed by atoms with Crippen molar-refractivity contribution in [3.05, 3.63) is 111 Å². The fourth-order valence-electron chi connectivity index (χ4n) is 3.90. The van der Waals surface area contributed by atoms with Crippen molar-refractivity contribution >= 4 is 17.5 Å². The highest BCUT2D eigenvalue weighted by Crippen LogP contribution is 2.22. The maximum atomic E-state index is 13.7. The van der Waals surface area contributed by atoms with Gasteiger partial charge in [0, 0.05) is 30.1 Å². The van der Waals surface area contributed by atoms with Crippen LogP contribution < -0.4 is 5.32 Å². The monoisotopic (exact) mass is 491 g/mol. The fourth-order valence-corrected chi connectivity index (χ4v) is 3.90. The Balaban J connectivity index is 2.02. The first kappa shape index (κ1) is 26.5. The van der Waals surface area contributed by atoms with Gasteiger partial charge >= 0.3 is 0 Å². The molecule has 2 amide bonds. The summed E-state index contributed by atoms with van der Waals surface area (Å²) in [6.07, 6.45) is -0.0149. The van der Waals surface area contributed by atoms with Gasteiger partial charge in [-0.15, -0.1) is 0 Å². The highest BCUT2D eigenvalue weighted by Gasteiger charge is 2.33. The number of benzene rings is 3. The summed E-state index contributed by atoms with van der Waals surface area (Å²) in [7, 11) is 0. The molecule has 0 saturated heterocycles. The molecule has 0 heterocycles. The zero-order valence-electron chi connectivity index (χ0n) is 20.6. The number of para-hydroxylation sites is 1. The number of hydrogen-bond donors (Lipinski definition) is 1. The van der Waals surface area contributed by atoms with Gasteiger partial charge < -0.3 is 10.2 Å². The third-order valence-corrected chi connectivity index (χ3v) is 5.57. The van der Waals surface area contributed by atoms with Crippen molar-refractivity contribution < 1.29 is 18.9 Å². The Bertz CT molecular complexity index is 1210. The Labute approximate surface area is 210 Å². The average molecular weight is 492 g/mol. The van der Waals surface area contributed by atoms with E-state index >= 15 is 0 Å². The van der Waals surface area contributed by atoms with Gasteiger partial charge in [0.1, 0.15) is 11.9 Å². The lowest BCUT2D eigenvalue weighted by atomic mass is 9.99. The molecule has 1 unspecified atom stereocenters. The summed E-state index contributed by atoms with van der Waals surface area (Å²) in [6, 6.07) is 20.2. The number of nitro benzene ring substituents is 1. The van der Waals surface area contributed by atoms with E-state index in [-0.39, 0.29) is 36.5 Å². The molecule has 8 heteroatoms. The molecular formula is C28H30FN3O4. The van der Waals surface area contributed by atoms with Crippen LogP contribution in [-0.4, -0.2) is 33.2 Å². The zero-order chi connectivity index (χ0) is 26.3. The smallest absolute Gasteiger partial charge is 0.273 e. The number of nitro groups is 1. The Kier molecular flexibility index (Phi) is 8.53. The molecule has 3 aromatic carbocycles. The van der Waals surface area contributed by atoms with E-state index in [1.54, 1.807) is 18.2 Å². The minimum atomic E-state index is -0.896. The Morgan fingerprint density at radius 2 is 1.56 bits per heavy atom. The second-order valence-electron chi connectivity index (χ2n) is 9.66. The maximum absolute atomic E-state index is 13.7. The molecular weight excluding hydrogens is 461 g/mol. The molecule has 3 aromatic rings. The average Bonchev–Trinajstić information content (AvgIpc) is 2.82. The summed E-state index contributed by atoms with van der Waals surface area (Å²) in [6.45, 7) is 5.59. The predicted octanol–water partition coefficient (Wildman–Crippen LogP) is 4.83. The normalized spacial score (nSPS) is 12.0. The topological polar surface area (TPSA) is 92.6 Å². The van der Waals surface area contributed by atoms with Gasteiger partial charge in [-0.1, -0.05) is 60.7 Å². The van der Waals surface area contributed by atoms with E-state index in [0.717, 1.165) is 5.56 Å². The Hall–Kier alpha value is -4.07. The highest BCUT2D eigenvalue weighted by molar-refractivity contribution is 5.89. The SMILES string of the molecule is CC(C)(C)NC(=O)C(Cc1ccccc1)N(Cc1ccc(F)cc1)C(=O)Cc1ccccc1[N+](=O)[O-]. The second kappa shape index (κ2) is 11.6. The number of nitrogens with one attached hydrogen (secondary N) is 1. The molecule has 0 aliphatic carbocycles. The van der Waals surface area contributed by atoms with Crippen LogP contribution in [0, 0.1) is 15.9 Å². The lowest BCUT2D eigenvalue weighted by Gasteiger charge is -2.34. The van der Waals surface area contributed by atoms with Crippen molar-refractivity contribution in [3.8, 4) is 0 Å². The lowest BCUT2D eigenvalue weighted by Crippen LogP contribution is -2.54.